The molecule has 228 valence electrons. The van der Waals surface area contributed by atoms with Gasteiger partial charge in [0, 0.05) is 50.1 Å². The molecule has 1 fully saturated rings. The minimum atomic E-state index is -3.72. The maximum atomic E-state index is 14.3. The molecule has 0 saturated carbocycles. The number of carbonyl (C=O) groups is 2. The Bertz CT molecular complexity index is 2040. The van der Waals surface area contributed by atoms with Crippen molar-refractivity contribution < 1.29 is 31.2 Å². The number of nitrogens with one attached hydrogen (secondary N) is 2. The second kappa shape index (κ2) is 11.1. The molecule has 10 nitrogen and oxygen atoms in total. The van der Waals surface area contributed by atoms with Gasteiger partial charge < -0.3 is 19.6 Å². The predicted molar refractivity (Wildman–Crippen MR) is 162 cm³/mol. The number of para-hydroxylation sites is 1. The van der Waals surface area contributed by atoms with Crippen molar-refractivity contribution in [2.75, 3.05) is 37.7 Å². The Hall–Kier alpha value is -4.78. The van der Waals surface area contributed by atoms with Gasteiger partial charge in [0.25, 0.3) is 11.8 Å². The number of halogens is 2. The van der Waals surface area contributed by atoms with E-state index in [0.29, 0.717) is 47.1 Å². The number of fused-ring (bicyclic) bond motifs is 2. The van der Waals surface area contributed by atoms with E-state index in [-0.39, 0.29) is 40.7 Å². The summed E-state index contributed by atoms with van der Waals surface area (Å²) in [6, 6.07) is 13.3. The number of aromatic nitrogens is 2. The van der Waals surface area contributed by atoms with Gasteiger partial charge in [-0.1, -0.05) is 6.07 Å². The molecule has 0 aliphatic carbocycles. The van der Waals surface area contributed by atoms with Gasteiger partial charge in [-0.3, -0.25) is 13.9 Å². The molecule has 2 aromatic heterocycles. The lowest BCUT2D eigenvalue weighted by atomic mass is 9.88. The summed E-state index contributed by atoms with van der Waals surface area (Å²) < 4.78 is 60.7. The Morgan fingerprint density at radius 3 is 2.57 bits per heavy atom. The molecule has 0 unspecified atom stereocenters. The first-order valence-electron chi connectivity index (χ1n) is 13.9. The van der Waals surface area contributed by atoms with Crippen molar-refractivity contribution in [3.63, 3.8) is 0 Å². The van der Waals surface area contributed by atoms with E-state index < -0.39 is 33.5 Å². The van der Waals surface area contributed by atoms with Crippen LogP contribution < -0.4 is 9.62 Å². The first kappa shape index (κ1) is 29.3. The van der Waals surface area contributed by atoms with Gasteiger partial charge in [0.1, 0.15) is 22.7 Å². The van der Waals surface area contributed by atoms with E-state index >= 15 is 0 Å². The highest BCUT2D eigenvalue weighted by Gasteiger charge is 2.32. The van der Waals surface area contributed by atoms with E-state index in [1.165, 1.54) is 50.5 Å². The van der Waals surface area contributed by atoms with Crippen LogP contribution in [0, 0.1) is 11.6 Å². The second-order valence-corrected chi connectivity index (χ2v) is 12.9. The number of hydrogen-bond donors (Lipinski definition) is 2. The highest BCUT2D eigenvalue weighted by Crippen LogP contribution is 2.42. The van der Waals surface area contributed by atoms with Crippen LogP contribution in [0.15, 0.2) is 59.0 Å². The number of benzene rings is 3. The van der Waals surface area contributed by atoms with Crippen LogP contribution in [-0.4, -0.2) is 68.5 Å². The maximum absolute atomic E-state index is 14.3. The largest absolute Gasteiger partial charge is 0.455 e. The summed E-state index contributed by atoms with van der Waals surface area (Å²) in [6.45, 7) is 0.657. The van der Waals surface area contributed by atoms with Gasteiger partial charge in [-0.2, -0.15) is 0 Å². The summed E-state index contributed by atoms with van der Waals surface area (Å²) in [6.07, 6.45) is 2.33. The van der Waals surface area contributed by atoms with Crippen LogP contribution in [0.5, 0.6) is 0 Å². The molecule has 0 radical (unpaired) electrons. The Kier molecular flexibility index (Phi) is 7.36. The molecule has 6 rings (SSSR count). The van der Waals surface area contributed by atoms with Crippen LogP contribution in [0.1, 0.15) is 45.3 Å². The Morgan fingerprint density at radius 2 is 1.89 bits per heavy atom. The SMILES string of the molecule is CNC(=O)c1c(-c2ccc(F)cc2)oc2cc(N(C)S(C)(=O)=O)c([C@@H]3CCCN(C(=O)c4nc5c(F)cccc5[nH]4)C3)cc12. The molecule has 3 aromatic carbocycles. The zero-order valence-corrected chi connectivity index (χ0v) is 25.0. The molecule has 2 N–H and O–H groups in total. The lowest BCUT2D eigenvalue weighted by molar-refractivity contribution is 0.0696. The average Bonchev–Trinajstić information content (AvgIpc) is 3.62. The number of anilines is 1. The summed E-state index contributed by atoms with van der Waals surface area (Å²) in [4.78, 5) is 35.4. The fourth-order valence-corrected chi connectivity index (χ4v) is 6.26. The molecule has 1 saturated heterocycles. The molecule has 0 bridgehead atoms. The van der Waals surface area contributed by atoms with Crippen LogP contribution >= 0.6 is 0 Å². The molecule has 13 heteroatoms. The normalized spacial score (nSPS) is 15.6. The first-order chi connectivity index (χ1) is 21.0. The van der Waals surface area contributed by atoms with E-state index in [0.717, 1.165) is 10.6 Å². The molecule has 44 heavy (non-hydrogen) atoms. The lowest BCUT2D eigenvalue weighted by Gasteiger charge is -2.34. The summed E-state index contributed by atoms with van der Waals surface area (Å²) in [5.41, 5.74) is 2.39. The molecule has 3 heterocycles. The molecule has 1 aliphatic heterocycles. The smallest absolute Gasteiger partial charge is 0.289 e. The van der Waals surface area contributed by atoms with Gasteiger partial charge in [-0.25, -0.2) is 22.2 Å². The number of furan rings is 1. The fourth-order valence-electron chi connectivity index (χ4n) is 5.75. The standard InChI is InChI=1S/C31H29F2N5O5S/c1-34-30(39)26-21-14-20(18-6-5-13-38(16-18)31(40)29-35-23-8-4-7-22(33)27(23)36-29)24(37(2)44(3,41)42)15-25(21)43-28(26)17-9-11-19(32)12-10-17/h4,7-12,14-15,18H,5-6,13,16H2,1-3H3,(H,34,39)(H,35,36)/t18-/m1/s1. The quantitative estimate of drug-likeness (QED) is 0.274. The molecule has 1 aliphatic rings. The monoisotopic (exact) mass is 621 g/mol. The highest BCUT2D eigenvalue weighted by molar-refractivity contribution is 7.92. The van der Waals surface area contributed by atoms with E-state index in [1.807, 2.05) is 0 Å². The number of imidazole rings is 1. The molecule has 5 aromatic rings. The average molecular weight is 622 g/mol. The van der Waals surface area contributed by atoms with Crippen molar-refractivity contribution in [1.82, 2.24) is 20.2 Å². The number of sulfonamides is 1. The van der Waals surface area contributed by atoms with Crippen LogP contribution in [-0.2, 0) is 10.0 Å². The Morgan fingerprint density at radius 1 is 1.14 bits per heavy atom. The predicted octanol–water partition coefficient (Wildman–Crippen LogP) is 5.03. The van der Waals surface area contributed by atoms with Gasteiger partial charge in [0.05, 0.1) is 23.0 Å². The van der Waals surface area contributed by atoms with Crippen LogP contribution in [0.2, 0.25) is 0 Å². The summed E-state index contributed by atoms with van der Waals surface area (Å²) in [5.74, 6) is -1.93. The van der Waals surface area contributed by atoms with E-state index in [9.17, 15) is 26.8 Å². The van der Waals surface area contributed by atoms with E-state index in [4.69, 9.17) is 4.42 Å². The summed E-state index contributed by atoms with van der Waals surface area (Å²) in [7, 11) is -0.807. The van der Waals surface area contributed by atoms with Gasteiger partial charge in [-0.15, -0.1) is 0 Å². The third-order valence-electron chi connectivity index (χ3n) is 8.05. The van der Waals surface area contributed by atoms with E-state index in [2.05, 4.69) is 15.3 Å². The Labute approximate surface area is 251 Å². The molecule has 1 atom stereocenters. The number of H-pyrrole nitrogens is 1. The van der Waals surface area contributed by atoms with Crippen molar-refractivity contribution in [1.29, 1.82) is 0 Å². The first-order valence-corrected chi connectivity index (χ1v) is 15.8. The topological polar surface area (TPSA) is 129 Å². The van der Waals surface area contributed by atoms with Crippen molar-refractivity contribution in [2.24, 2.45) is 0 Å². The zero-order valence-electron chi connectivity index (χ0n) is 24.1. The lowest BCUT2D eigenvalue weighted by Crippen LogP contribution is -2.40. The van der Waals surface area contributed by atoms with Gasteiger partial charge in [0.15, 0.2) is 11.6 Å². The number of amides is 2. The van der Waals surface area contributed by atoms with Crippen LogP contribution in [0.4, 0.5) is 14.5 Å². The van der Waals surface area contributed by atoms with Crippen LogP contribution in [0.3, 0.4) is 0 Å². The van der Waals surface area contributed by atoms with Crippen molar-refractivity contribution in [2.45, 2.75) is 18.8 Å². The van der Waals surface area contributed by atoms with Gasteiger partial charge in [0.2, 0.25) is 10.0 Å². The maximum Gasteiger partial charge on any atom is 0.289 e. The Balaban J connectivity index is 1.46. The zero-order chi connectivity index (χ0) is 31.3. The number of hydrogen-bond acceptors (Lipinski definition) is 6. The van der Waals surface area contributed by atoms with Gasteiger partial charge in [-0.05, 0) is 60.9 Å². The van der Waals surface area contributed by atoms with Crippen molar-refractivity contribution in [3.05, 3.63) is 83.2 Å². The molecule has 0 spiro atoms. The number of carbonyl (C=O) groups excluding carboxylic acids is 2. The molecular weight excluding hydrogens is 592 g/mol. The minimum Gasteiger partial charge on any atom is -0.455 e. The number of piperidine rings is 1. The fraction of sp³-hybridized carbons (Fsp3) is 0.258. The number of aromatic amines is 1. The van der Waals surface area contributed by atoms with Crippen molar-refractivity contribution >= 4 is 49.5 Å². The molecular formula is C31H29F2N5O5S. The number of likely N-dealkylation sites (tertiary alicyclic amines) is 1. The second-order valence-electron chi connectivity index (χ2n) is 10.8. The highest BCUT2D eigenvalue weighted by atomic mass is 32.2. The number of nitrogens with zero attached hydrogens (tertiary/aromatic N) is 3. The van der Waals surface area contributed by atoms with Crippen molar-refractivity contribution in [3.8, 4) is 11.3 Å². The summed E-state index contributed by atoms with van der Waals surface area (Å²) in [5, 5.41) is 3.07. The summed E-state index contributed by atoms with van der Waals surface area (Å²) >= 11 is 0. The van der Waals surface area contributed by atoms with Crippen LogP contribution in [0.25, 0.3) is 33.3 Å². The molecule has 2 amide bonds. The van der Waals surface area contributed by atoms with E-state index in [1.54, 1.807) is 23.1 Å². The third kappa shape index (κ3) is 5.17. The van der Waals surface area contributed by atoms with Gasteiger partial charge >= 0.3 is 0 Å². The minimum absolute atomic E-state index is 0.00959. The third-order valence-corrected chi connectivity index (χ3v) is 9.24. The number of rotatable bonds is 6.